The van der Waals surface area contributed by atoms with Gasteiger partial charge in [-0.3, -0.25) is 4.79 Å². The van der Waals surface area contributed by atoms with Crippen LogP contribution in [0.3, 0.4) is 0 Å². The molecule has 0 aliphatic rings. The summed E-state index contributed by atoms with van der Waals surface area (Å²) >= 11 is 0. The molecule has 0 saturated heterocycles. The number of hydrogen-bond donors (Lipinski definition) is 2. The van der Waals surface area contributed by atoms with E-state index in [1.165, 1.54) is 13.8 Å². The Morgan fingerprint density at radius 1 is 1.28 bits per heavy atom. The summed E-state index contributed by atoms with van der Waals surface area (Å²) in [4.78, 5) is 22.8. The average Bonchev–Trinajstić information content (AvgIpc) is 2.26. The highest BCUT2D eigenvalue weighted by molar-refractivity contribution is 6.05. The van der Waals surface area contributed by atoms with Crippen molar-refractivity contribution in [3.63, 3.8) is 0 Å². The van der Waals surface area contributed by atoms with Crippen molar-refractivity contribution in [2.75, 3.05) is 13.2 Å². The van der Waals surface area contributed by atoms with Gasteiger partial charge in [0.05, 0.1) is 13.0 Å². The van der Waals surface area contributed by atoms with E-state index < -0.39 is 36.6 Å². The largest absolute Gasteiger partial charge is 0.463 e. The van der Waals surface area contributed by atoms with E-state index in [0.29, 0.717) is 0 Å². The number of nitrogens with one attached hydrogen (secondary N) is 1. The van der Waals surface area contributed by atoms with Gasteiger partial charge in [0.25, 0.3) is 5.91 Å². The Morgan fingerprint density at radius 3 is 2.22 bits per heavy atom. The molecule has 0 rings (SSSR count). The molecule has 0 aromatic heterocycles. The molecule has 106 valence electrons. The molecule has 18 heavy (non-hydrogen) atoms. The van der Waals surface area contributed by atoms with Crippen LogP contribution in [0.2, 0.25) is 0 Å². The molecule has 0 aromatic carbocycles. The summed E-state index contributed by atoms with van der Waals surface area (Å²) in [5.74, 6) is -2.36. The van der Waals surface area contributed by atoms with Crippen LogP contribution in [-0.4, -0.2) is 41.9 Å². The highest BCUT2D eigenvalue weighted by Gasteiger charge is 2.44. The van der Waals surface area contributed by atoms with Crippen molar-refractivity contribution in [2.45, 2.75) is 38.5 Å². The number of aliphatic hydroxyl groups is 1. The lowest BCUT2D eigenvalue weighted by molar-refractivity contribution is -0.171. The van der Waals surface area contributed by atoms with Gasteiger partial charge in [0.1, 0.15) is 0 Å². The molecular formula is C10H16F3NO4. The molecule has 1 atom stereocenters. The fraction of sp³-hybridized carbons (Fsp3) is 0.800. The number of carbonyl (C=O) groups is 2. The second kappa shape index (κ2) is 6.58. The van der Waals surface area contributed by atoms with Crippen LogP contribution in [0.4, 0.5) is 13.2 Å². The van der Waals surface area contributed by atoms with Crippen LogP contribution in [0.15, 0.2) is 0 Å². The highest BCUT2D eigenvalue weighted by atomic mass is 19.4. The van der Waals surface area contributed by atoms with Crippen molar-refractivity contribution in [2.24, 2.45) is 0 Å². The fourth-order valence-electron chi connectivity index (χ4n) is 1.11. The maximum atomic E-state index is 11.9. The lowest BCUT2D eigenvalue weighted by atomic mass is 10.00. The van der Waals surface area contributed by atoms with Crippen molar-refractivity contribution in [3.8, 4) is 0 Å². The van der Waals surface area contributed by atoms with Gasteiger partial charge in [-0.1, -0.05) is 6.92 Å². The van der Waals surface area contributed by atoms with Gasteiger partial charge in [-0.2, -0.15) is 13.2 Å². The van der Waals surface area contributed by atoms with Crippen LogP contribution in [0.1, 0.15) is 26.7 Å². The third-order valence-electron chi connectivity index (χ3n) is 2.19. The van der Waals surface area contributed by atoms with Crippen LogP contribution in [0, 0.1) is 0 Å². The molecule has 0 bridgehead atoms. The van der Waals surface area contributed by atoms with Crippen LogP contribution >= 0.6 is 0 Å². The summed E-state index contributed by atoms with van der Waals surface area (Å²) in [6.07, 6.45) is -5.94. The van der Waals surface area contributed by atoms with E-state index in [1.807, 2.05) is 5.32 Å². The topological polar surface area (TPSA) is 75.6 Å². The lowest BCUT2D eigenvalue weighted by Gasteiger charge is -2.23. The maximum absolute atomic E-state index is 11.9. The van der Waals surface area contributed by atoms with Gasteiger partial charge in [0.15, 0.2) is 0 Å². The number of amides is 1. The van der Waals surface area contributed by atoms with E-state index in [-0.39, 0.29) is 13.0 Å². The average molecular weight is 271 g/mol. The fourth-order valence-corrected chi connectivity index (χ4v) is 1.11. The van der Waals surface area contributed by atoms with Crippen molar-refractivity contribution in [1.82, 2.24) is 5.32 Å². The summed E-state index contributed by atoms with van der Waals surface area (Å²) < 4.78 is 40.1. The van der Waals surface area contributed by atoms with E-state index >= 15 is 0 Å². The molecule has 0 aliphatic carbocycles. The minimum Gasteiger partial charge on any atom is -0.463 e. The Hall–Kier alpha value is -1.31. The van der Waals surface area contributed by atoms with Gasteiger partial charge in [-0.05, 0) is 13.3 Å². The molecule has 0 aliphatic heterocycles. The number of carbonyl (C=O) groups excluding carboxylic acids is 2. The van der Waals surface area contributed by atoms with Gasteiger partial charge in [-0.15, -0.1) is 0 Å². The van der Waals surface area contributed by atoms with Gasteiger partial charge >= 0.3 is 12.1 Å². The molecule has 1 unspecified atom stereocenters. The van der Waals surface area contributed by atoms with Crippen molar-refractivity contribution in [3.05, 3.63) is 0 Å². The minimum atomic E-state index is -4.42. The van der Waals surface area contributed by atoms with Crippen molar-refractivity contribution in [1.29, 1.82) is 0 Å². The summed E-state index contributed by atoms with van der Waals surface area (Å²) in [6.45, 7) is 2.08. The summed E-state index contributed by atoms with van der Waals surface area (Å²) in [7, 11) is 0. The number of halogens is 3. The SMILES string of the molecule is CCOC(=O)C(O)(CC)C(=O)NCCC(F)(F)F. The Kier molecular flexibility index (Phi) is 6.10. The predicted molar refractivity (Wildman–Crippen MR) is 55.6 cm³/mol. The molecule has 0 fully saturated rings. The monoisotopic (exact) mass is 271 g/mol. The van der Waals surface area contributed by atoms with Crippen LogP contribution < -0.4 is 5.32 Å². The number of rotatable bonds is 6. The zero-order valence-corrected chi connectivity index (χ0v) is 10.1. The standard InChI is InChI=1S/C10H16F3NO4/c1-3-9(17,8(16)18-4-2)7(15)14-6-5-10(11,12)13/h17H,3-6H2,1-2H3,(H,14,15). The Bertz CT molecular complexity index is 306. The maximum Gasteiger partial charge on any atom is 0.390 e. The first-order chi connectivity index (χ1) is 8.17. The molecule has 0 saturated carbocycles. The molecule has 5 nitrogen and oxygen atoms in total. The van der Waals surface area contributed by atoms with E-state index in [2.05, 4.69) is 4.74 Å². The molecule has 1 amide bonds. The van der Waals surface area contributed by atoms with Crippen LogP contribution in [0.25, 0.3) is 0 Å². The lowest BCUT2D eigenvalue weighted by Crippen LogP contribution is -2.53. The van der Waals surface area contributed by atoms with Gasteiger partial charge in [-0.25, -0.2) is 4.79 Å². The second-order valence-corrected chi connectivity index (χ2v) is 3.56. The molecule has 0 aromatic rings. The normalized spacial score (nSPS) is 14.8. The number of hydrogen-bond acceptors (Lipinski definition) is 4. The summed E-state index contributed by atoms with van der Waals surface area (Å²) in [6, 6.07) is 0. The minimum absolute atomic E-state index is 0.0447. The van der Waals surface area contributed by atoms with Gasteiger partial charge in [0, 0.05) is 6.54 Å². The van der Waals surface area contributed by atoms with E-state index in [0.717, 1.165) is 0 Å². The van der Waals surface area contributed by atoms with Gasteiger partial charge < -0.3 is 15.2 Å². The zero-order chi connectivity index (χ0) is 14.4. The molecule has 0 radical (unpaired) electrons. The third-order valence-corrected chi connectivity index (χ3v) is 2.19. The quantitative estimate of drug-likeness (QED) is 0.552. The smallest absolute Gasteiger partial charge is 0.390 e. The van der Waals surface area contributed by atoms with E-state index in [9.17, 15) is 27.9 Å². The first kappa shape index (κ1) is 16.7. The number of ether oxygens (including phenoxy) is 1. The molecule has 0 spiro atoms. The van der Waals surface area contributed by atoms with Crippen molar-refractivity contribution < 1.29 is 32.6 Å². The van der Waals surface area contributed by atoms with Crippen molar-refractivity contribution >= 4 is 11.9 Å². The molecule has 0 heterocycles. The van der Waals surface area contributed by atoms with Crippen LogP contribution in [0.5, 0.6) is 0 Å². The highest BCUT2D eigenvalue weighted by Crippen LogP contribution is 2.19. The third kappa shape index (κ3) is 4.91. The van der Waals surface area contributed by atoms with Crippen LogP contribution in [-0.2, 0) is 14.3 Å². The summed E-state index contributed by atoms with van der Waals surface area (Å²) in [5, 5.41) is 11.6. The molecular weight excluding hydrogens is 255 g/mol. The summed E-state index contributed by atoms with van der Waals surface area (Å²) in [5.41, 5.74) is -2.44. The Morgan fingerprint density at radius 2 is 1.83 bits per heavy atom. The molecule has 8 heteroatoms. The second-order valence-electron chi connectivity index (χ2n) is 3.56. The predicted octanol–water partition coefficient (Wildman–Crippen LogP) is 0.759. The van der Waals surface area contributed by atoms with E-state index in [1.54, 1.807) is 0 Å². The van der Waals surface area contributed by atoms with E-state index in [4.69, 9.17) is 0 Å². The first-order valence-electron chi connectivity index (χ1n) is 5.42. The number of alkyl halides is 3. The number of esters is 1. The Balaban J connectivity index is 4.48. The molecule has 2 N–H and O–H groups in total. The first-order valence-corrected chi connectivity index (χ1v) is 5.42. The zero-order valence-electron chi connectivity index (χ0n) is 10.1. The Labute approximate surface area is 102 Å². The van der Waals surface area contributed by atoms with Gasteiger partial charge in [0.2, 0.25) is 5.60 Å².